The van der Waals surface area contributed by atoms with Crippen molar-refractivity contribution in [1.82, 2.24) is 0 Å². The Bertz CT molecular complexity index is 134. The molecule has 0 saturated heterocycles. The summed E-state index contributed by atoms with van der Waals surface area (Å²) in [6.45, 7) is 13.2. The number of allylic oxidation sites excluding steroid dienone is 3. The summed E-state index contributed by atoms with van der Waals surface area (Å²) >= 11 is 0. The molecule has 0 aromatic rings. The summed E-state index contributed by atoms with van der Waals surface area (Å²) in [6.07, 6.45) is 7.05. The fourth-order valence-electron chi connectivity index (χ4n) is 0.709. The second kappa shape index (κ2) is 12.8. The molecule has 0 aromatic heterocycles. The van der Waals surface area contributed by atoms with Crippen LogP contribution in [0.25, 0.3) is 0 Å². The Morgan fingerprint density at radius 3 is 2.33 bits per heavy atom. The number of hydrogen-bond donors (Lipinski definition) is 0. The van der Waals surface area contributed by atoms with Gasteiger partial charge < -0.3 is 0 Å². The van der Waals surface area contributed by atoms with E-state index in [1.54, 1.807) is 6.08 Å². The molecule has 0 saturated carbocycles. The van der Waals surface area contributed by atoms with Gasteiger partial charge in [-0.1, -0.05) is 39.8 Å². The Hall–Kier alpha value is -0.850. The first-order chi connectivity index (χ1) is 5.85. The van der Waals surface area contributed by atoms with Crippen LogP contribution in [0, 0.1) is 0 Å². The number of hydrogen-bond acceptors (Lipinski definition) is 1. The Morgan fingerprint density at radius 2 is 2.00 bits per heavy atom. The molecule has 0 amide bonds. The van der Waals surface area contributed by atoms with Gasteiger partial charge in [-0.25, -0.2) is 0 Å². The van der Waals surface area contributed by atoms with E-state index in [1.165, 1.54) is 12.8 Å². The van der Waals surface area contributed by atoms with Crippen molar-refractivity contribution in [3.63, 3.8) is 0 Å². The number of nitrogens with zero attached hydrogens (tertiary/aromatic N) is 1. The van der Waals surface area contributed by atoms with Crippen LogP contribution >= 0.6 is 0 Å². The predicted molar refractivity (Wildman–Crippen MR) is 58.7 cm³/mol. The van der Waals surface area contributed by atoms with Crippen molar-refractivity contribution in [3.8, 4) is 0 Å². The normalized spacial score (nSPS) is 9.75. The van der Waals surface area contributed by atoms with Gasteiger partial charge in [0.15, 0.2) is 0 Å². The highest BCUT2D eigenvalue weighted by atomic mass is 14.7. The molecule has 12 heavy (non-hydrogen) atoms. The zero-order valence-electron chi connectivity index (χ0n) is 8.64. The van der Waals surface area contributed by atoms with Crippen molar-refractivity contribution in [1.29, 1.82) is 0 Å². The van der Waals surface area contributed by atoms with E-state index < -0.39 is 0 Å². The zero-order chi connectivity index (χ0) is 9.82. The Morgan fingerprint density at radius 1 is 1.42 bits per heavy atom. The first kappa shape index (κ1) is 13.7. The summed E-state index contributed by atoms with van der Waals surface area (Å²) in [6, 6.07) is 0. The molecule has 0 bridgehead atoms. The van der Waals surface area contributed by atoms with E-state index in [0.717, 1.165) is 12.1 Å². The molecular weight excluding hydrogens is 146 g/mol. The standard InChI is InChI=1S/C9H15N.C2H6/c1-4-6-8-9(10-3)7-5-2;1-2/h5,7H,2-4,6,8H2,1H3;1-2H3/b9-7-;. The fraction of sp³-hybridized carbons (Fsp3) is 0.545. The van der Waals surface area contributed by atoms with Crippen LogP contribution < -0.4 is 0 Å². The molecule has 0 aromatic carbocycles. The second-order valence-electron chi connectivity index (χ2n) is 2.16. The largest absolute Gasteiger partial charge is 0.269 e. The molecule has 0 atom stereocenters. The summed E-state index contributed by atoms with van der Waals surface area (Å²) in [4.78, 5) is 3.86. The molecule has 1 heteroatoms. The van der Waals surface area contributed by atoms with Gasteiger partial charge in [0.05, 0.1) is 0 Å². The Balaban J connectivity index is 0. The van der Waals surface area contributed by atoms with E-state index in [-0.39, 0.29) is 0 Å². The van der Waals surface area contributed by atoms with Crippen LogP contribution in [0.5, 0.6) is 0 Å². The SMILES string of the molecule is C=C/C=C(/CCCC)N=C.CC. The Kier molecular flexibility index (Phi) is 14.6. The maximum Gasteiger partial charge on any atom is 0.0396 e. The van der Waals surface area contributed by atoms with Gasteiger partial charge in [0.2, 0.25) is 0 Å². The van der Waals surface area contributed by atoms with Crippen molar-refractivity contribution in [2.45, 2.75) is 40.0 Å². The molecule has 0 fully saturated rings. The van der Waals surface area contributed by atoms with Gasteiger partial charge >= 0.3 is 0 Å². The van der Waals surface area contributed by atoms with Crippen LogP contribution in [0.15, 0.2) is 29.4 Å². The van der Waals surface area contributed by atoms with E-state index in [9.17, 15) is 0 Å². The lowest BCUT2D eigenvalue weighted by Crippen LogP contribution is -1.77. The van der Waals surface area contributed by atoms with Crippen molar-refractivity contribution < 1.29 is 0 Å². The third kappa shape index (κ3) is 9.15. The van der Waals surface area contributed by atoms with E-state index >= 15 is 0 Å². The molecule has 0 aliphatic heterocycles. The summed E-state index contributed by atoms with van der Waals surface area (Å²) in [5.74, 6) is 0. The van der Waals surface area contributed by atoms with E-state index in [4.69, 9.17) is 0 Å². The molecule has 0 N–H and O–H groups in total. The molecule has 0 aliphatic rings. The van der Waals surface area contributed by atoms with Crippen molar-refractivity contribution in [3.05, 3.63) is 24.4 Å². The molecule has 0 heterocycles. The van der Waals surface area contributed by atoms with Gasteiger partial charge in [0, 0.05) is 5.70 Å². The topological polar surface area (TPSA) is 12.4 Å². The summed E-state index contributed by atoms with van der Waals surface area (Å²) in [5.41, 5.74) is 1.04. The smallest absolute Gasteiger partial charge is 0.0396 e. The molecule has 0 unspecified atom stereocenters. The molecule has 1 nitrogen and oxygen atoms in total. The van der Waals surface area contributed by atoms with Crippen LogP contribution in [-0.4, -0.2) is 6.72 Å². The fourth-order valence-corrected chi connectivity index (χ4v) is 0.709. The first-order valence-electron chi connectivity index (χ1n) is 4.63. The molecule has 0 rings (SSSR count). The van der Waals surface area contributed by atoms with Crippen molar-refractivity contribution in [2.75, 3.05) is 0 Å². The molecule has 0 spiro atoms. The van der Waals surface area contributed by atoms with Crippen LogP contribution in [0.2, 0.25) is 0 Å². The number of aliphatic imine (C=N–C) groups is 1. The lowest BCUT2D eigenvalue weighted by molar-refractivity contribution is 0.783. The van der Waals surface area contributed by atoms with Crippen LogP contribution in [0.3, 0.4) is 0 Å². The number of rotatable bonds is 5. The van der Waals surface area contributed by atoms with Crippen molar-refractivity contribution >= 4 is 6.72 Å². The van der Waals surface area contributed by atoms with Gasteiger partial charge in [0.25, 0.3) is 0 Å². The average Bonchev–Trinajstić information content (AvgIpc) is 2.15. The van der Waals surface area contributed by atoms with E-state index in [1.807, 2.05) is 19.9 Å². The van der Waals surface area contributed by atoms with Gasteiger partial charge in [-0.3, -0.25) is 4.99 Å². The zero-order valence-corrected chi connectivity index (χ0v) is 8.64. The lowest BCUT2D eigenvalue weighted by atomic mass is 10.2. The first-order valence-corrected chi connectivity index (χ1v) is 4.63. The quantitative estimate of drug-likeness (QED) is 0.434. The van der Waals surface area contributed by atoms with E-state index in [0.29, 0.717) is 0 Å². The predicted octanol–water partition coefficient (Wildman–Crippen LogP) is 3.97. The van der Waals surface area contributed by atoms with E-state index in [2.05, 4.69) is 25.2 Å². The van der Waals surface area contributed by atoms with Gasteiger partial charge in [-0.05, 0) is 25.6 Å². The highest BCUT2D eigenvalue weighted by Crippen LogP contribution is 2.07. The lowest BCUT2D eigenvalue weighted by Gasteiger charge is -1.96. The molecular formula is C11H21N. The summed E-state index contributed by atoms with van der Waals surface area (Å²) < 4.78 is 0. The van der Waals surface area contributed by atoms with Gasteiger partial charge in [-0.2, -0.15) is 0 Å². The van der Waals surface area contributed by atoms with Gasteiger partial charge in [-0.15, -0.1) is 0 Å². The molecule has 0 aliphatic carbocycles. The van der Waals surface area contributed by atoms with Crippen molar-refractivity contribution in [2.24, 2.45) is 4.99 Å². The summed E-state index contributed by atoms with van der Waals surface area (Å²) in [5, 5.41) is 0. The highest BCUT2D eigenvalue weighted by Gasteiger charge is 1.88. The average molecular weight is 167 g/mol. The molecule has 70 valence electrons. The van der Waals surface area contributed by atoms with Crippen LogP contribution in [-0.2, 0) is 0 Å². The van der Waals surface area contributed by atoms with Gasteiger partial charge in [0.1, 0.15) is 0 Å². The Labute approximate surface area is 76.9 Å². The maximum atomic E-state index is 3.86. The third-order valence-electron chi connectivity index (χ3n) is 1.30. The minimum Gasteiger partial charge on any atom is -0.269 e. The third-order valence-corrected chi connectivity index (χ3v) is 1.30. The van der Waals surface area contributed by atoms with Crippen LogP contribution in [0.4, 0.5) is 0 Å². The minimum absolute atomic E-state index is 1.02. The monoisotopic (exact) mass is 167 g/mol. The van der Waals surface area contributed by atoms with Crippen LogP contribution in [0.1, 0.15) is 40.0 Å². The second-order valence-corrected chi connectivity index (χ2v) is 2.16. The molecule has 0 radical (unpaired) electrons. The maximum absolute atomic E-state index is 3.86. The minimum atomic E-state index is 1.02. The number of unbranched alkanes of at least 4 members (excludes halogenated alkanes) is 1. The highest BCUT2D eigenvalue weighted by molar-refractivity contribution is 5.29. The summed E-state index contributed by atoms with van der Waals surface area (Å²) in [7, 11) is 0.